The van der Waals surface area contributed by atoms with Gasteiger partial charge in [-0.1, -0.05) is 30.7 Å². The van der Waals surface area contributed by atoms with E-state index in [9.17, 15) is 4.79 Å². The number of halogens is 1. The van der Waals surface area contributed by atoms with Gasteiger partial charge in [-0.2, -0.15) is 0 Å². The molecule has 0 fully saturated rings. The lowest BCUT2D eigenvalue weighted by atomic mass is 10.0. The van der Waals surface area contributed by atoms with E-state index in [-0.39, 0.29) is 5.78 Å². The predicted octanol–water partition coefficient (Wildman–Crippen LogP) is 4.10. The lowest BCUT2D eigenvalue weighted by Gasteiger charge is -2.10. The minimum Gasteiger partial charge on any atom is -0.369 e. The fourth-order valence-electron chi connectivity index (χ4n) is 1.90. The van der Waals surface area contributed by atoms with Crippen molar-refractivity contribution < 1.29 is 4.79 Å². The number of carbonyl (C=O) groups excluding carboxylic acids is 1. The van der Waals surface area contributed by atoms with Gasteiger partial charge in [0.15, 0.2) is 5.78 Å². The zero-order valence-corrected chi connectivity index (χ0v) is 12.4. The molecule has 4 heteroatoms. The molecule has 2 aromatic rings. The summed E-state index contributed by atoms with van der Waals surface area (Å²) < 4.78 is 0. The molecule has 0 atom stereocenters. The summed E-state index contributed by atoms with van der Waals surface area (Å²) in [4.78, 5) is 17.0. The van der Waals surface area contributed by atoms with Gasteiger partial charge in [0.1, 0.15) is 5.82 Å². The van der Waals surface area contributed by atoms with E-state index in [1.54, 1.807) is 24.3 Å². The minimum atomic E-state index is -0.0707. The monoisotopic (exact) mass is 288 g/mol. The van der Waals surface area contributed by atoms with Crippen molar-refractivity contribution in [2.24, 2.45) is 0 Å². The Morgan fingerprint density at radius 1 is 1.30 bits per heavy atom. The molecule has 20 heavy (non-hydrogen) atoms. The number of anilines is 1. The van der Waals surface area contributed by atoms with Crippen LogP contribution >= 0.6 is 11.6 Å². The molecule has 2 rings (SSSR count). The average molecular weight is 289 g/mol. The topological polar surface area (TPSA) is 42.0 Å². The van der Waals surface area contributed by atoms with Crippen molar-refractivity contribution in [2.45, 2.75) is 20.3 Å². The van der Waals surface area contributed by atoms with Crippen LogP contribution in [0.3, 0.4) is 0 Å². The van der Waals surface area contributed by atoms with E-state index >= 15 is 0 Å². The molecule has 0 bridgehead atoms. The van der Waals surface area contributed by atoms with Gasteiger partial charge in [-0.15, -0.1) is 0 Å². The van der Waals surface area contributed by atoms with E-state index in [4.69, 9.17) is 11.6 Å². The van der Waals surface area contributed by atoms with Crippen molar-refractivity contribution in [3.05, 3.63) is 58.2 Å². The number of nitrogens with one attached hydrogen (secondary N) is 1. The maximum Gasteiger partial charge on any atom is 0.196 e. The number of carbonyl (C=O) groups is 1. The molecule has 0 saturated heterocycles. The predicted molar refractivity (Wildman–Crippen MR) is 82.6 cm³/mol. The van der Waals surface area contributed by atoms with Crippen molar-refractivity contribution in [3.8, 4) is 0 Å². The summed E-state index contributed by atoms with van der Waals surface area (Å²) >= 11 is 5.94. The van der Waals surface area contributed by atoms with Crippen molar-refractivity contribution in [3.63, 3.8) is 0 Å². The number of pyridine rings is 1. The summed E-state index contributed by atoms with van der Waals surface area (Å²) in [6.07, 6.45) is 0.973. The first-order valence-corrected chi connectivity index (χ1v) is 7.01. The van der Waals surface area contributed by atoms with Gasteiger partial charge >= 0.3 is 0 Å². The first kappa shape index (κ1) is 14.5. The average Bonchev–Trinajstić information content (AvgIpc) is 2.44. The van der Waals surface area contributed by atoms with Gasteiger partial charge in [-0.25, -0.2) is 4.98 Å². The Morgan fingerprint density at radius 2 is 2.10 bits per heavy atom. The molecule has 0 spiro atoms. The lowest BCUT2D eigenvalue weighted by Crippen LogP contribution is -2.11. The maximum absolute atomic E-state index is 12.6. The molecule has 104 valence electrons. The van der Waals surface area contributed by atoms with Crippen LogP contribution in [0.25, 0.3) is 0 Å². The van der Waals surface area contributed by atoms with Crippen molar-refractivity contribution in [2.75, 3.05) is 11.9 Å². The molecule has 0 amide bonds. The number of nitrogens with zero attached hydrogens (tertiary/aromatic N) is 1. The maximum atomic E-state index is 12.6. The number of hydrogen-bond donors (Lipinski definition) is 1. The van der Waals surface area contributed by atoms with Gasteiger partial charge in [-0.05, 0) is 37.6 Å². The molecular weight excluding hydrogens is 272 g/mol. The van der Waals surface area contributed by atoms with Crippen LogP contribution < -0.4 is 5.32 Å². The van der Waals surface area contributed by atoms with Gasteiger partial charge in [0, 0.05) is 22.8 Å². The Morgan fingerprint density at radius 3 is 2.80 bits per heavy atom. The highest BCUT2D eigenvalue weighted by Crippen LogP contribution is 2.20. The Bertz CT molecular complexity index is 626. The van der Waals surface area contributed by atoms with E-state index in [0.29, 0.717) is 22.0 Å². The number of benzene rings is 1. The second-order valence-corrected chi connectivity index (χ2v) is 5.05. The molecular formula is C16H17ClN2O. The number of ketones is 1. The lowest BCUT2D eigenvalue weighted by molar-refractivity contribution is 0.103. The van der Waals surface area contributed by atoms with Crippen LogP contribution in [0.2, 0.25) is 5.02 Å². The van der Waals surface area contributed by atoms with Gasteiger partial charge in [-0.3, -0.25) is 4.79 Å². The molecule has 1 aromatic carbocycles. The third kappa shape index (κ3) is 3.36. The molecule has 0 saturated carbocycles. The van der Waals surface area contributed by atoms with E-state index in [1.807, 2.05) is 19.1 Å². The fraction of sp³-hybridized carbons (Fsp3) is 0.250. The van der Waals surface area contributed by atoms with Crippen molar-refractivity contribution in [1.82, 2.24) is 4.98 Å². The van der Waals surface area contributed by atoms with Gasteiger partial charge in [0.05, 0.1) is 5.56 Å². The van der Waals surface area contributed by atoms with E-state index < -0.39 is 0 Å². The molecule has 0 aliphatic heterocycles. The first-order chi connectivity index (χ1) is 9.61. The normalized spacial score (nSPS) is 10.3. The second kappa shape index (κ2) is 6.53. The largest absolute Gasteiger partial charge is 0.369 e. The minimum absolute atomic E-state index is 0.0707. The van der Waals surface area contributed by atoms with Gasteiger partial charge < -0.3 is 5.32 Å². The smallest absolute Gasteiger partial charge is 0.196 e. The van der Waals surface area contributed by atoms with Crippen LogP contribution in [0.15, 0.2) is 36.4 Å². The summed E-state index contributed by atoms with van der Waals surface area (Å²) in [5.41, 5.74) is 2.03. The standard InChI is InChI=1S/C16H17ClN2O/c1-3-9-18-16-14(8-7-11(2)19-16)15(20)12-5-4-6-13(17)10-12/h4-8,10H,3,9H2,1-2H3,(H,18,19). The first-order valence-electron chi connectivity index (χ1n) is 6.63. The summed E-state index contributed by atoms with van der Waals surface area (Å²) in [7, 11) is 0. The summed E-state index contributed by atoms with van der Waals surface area (Å²) in [5.74, 6) is 0.565. The highest BCUT2D eigenvalue weighted by Gasteiger charge is 2.15. The van der Waals surface area contributed by atoms with E-state index in [1.165, 1.54) is 0 Å². The van der Waals surface area contributed by atoms with E-state index in [0.717, 1.165) is 18.7 Å². The number of aromatic nitrogens is 1. The number of hydrogen-bond acceptors (Lipinski definition) is 3. The molecule has 0 unspecified atom stereocenters. The molecule has 3 nitrogen and oxygen atoms in total. The number of aryl methyl sites for hydroxylation is 1. The van der Waals surface area contributed by atoms with Crippen LogP contribution in [0.1, 0.15) is 35.0 Å². The van der Waals surface area contributed by atoms with Crippen LogP contribution in [-0.4, -0.2) is 17.3 Å². The molecule has 0 radical (unpaired) electrons. The van der Waals surface area contributed by atoms with Gasteiger partial charge in [0.25, 0.3) is 0 Å². The Kier molecular flexibility index (Phi) is 4.74. The highest BCUT2D eigenvalue weighted by molar-refractivity contribution is 6.31. The zero-order chi connectivity index (χ0) is 14.5. The third-order valence-electron chi connectivity index (χ3n) is 2.91. The molecule has 1 aromatic heterocycles. The summed E-state index contributed by atoms with van der Waals surface area (Å²) in [5, 5.41) is 3.76. The second-order valence-electron chi connectivity index (χ2n) is 4.62. The molecule has 0 aliphatic carbocycles. The summed E-state index contributed by atoms with van der Waals surface area (Å²) in [6.45, 7) is 4.76. The van der Waals surface area contributed by atoms with Crippen LogP contribution in [0, 0.1) is 6.92 Å². The molecule has 1 N–H and O–H groups in total. The van der Waals surface area contributed by atoms with E-state index in [2.05, 4.69) is 17.2 Å². The highest BCUT2D eigenvalue weighted by atomic mass is 35.5. The zero-order valence-electron chi connectivity index (χ0n) is 11.6. The Labute approximate surface area is 124 Å². The molecule has 0 aliphatic rings. The van der Waals surface area contributed by atoms with Crippen LogP contribution in [-0.2, 0) is 0 Å². The Hall–Kier alpha value is -1.87. The molecule has 1 heterocycles. The van der Waals surface area contributed by atoms with Crippen LogP contribution in [0.5, 0.6) is 0 Å². The van der Waals surface area contributed by atoms with Crippen molar-refractivity contribution >= 4 is 23.2 Å². The summed E-state index contributed by atoms with van der Waals surface area (Å²) in [6, 6.07) is 10.6. The quantitative estimate of drug-likeness (QED) is 0.842. The SMILES string of the molecule is CCCNc1nc(C)ccc1C(=O)c1cccc(Cl)c1. The third-order valence-corrected chi connectivity index (χ3v) is 3.14. The number of rotatable bonds is 5. The van der Waals surface area contributed by atoms with Crippen molar-refractivity contribution in [1.29, 1.82) is 0 Å². The van der Waals surface area contributed by atoms with Gasteiger partial charge in [0.2, 0.25) is 0 Å². The fourth-order valence-corrected chi connectivity index (χ4v) is 2.09. The van der Waals surface area contributed by atoms with Crippen LogP contribution in [0.4, 0.5) is 5.82 Å². The Balaban J connectivity index is 2.38.